The van der Waals surface area contributed by atoms with E-state index < -0.39 is 0 Å². The van der Waals surface area contributed by atoms with Crippen LogP contribution in [0.4, 0.5) is 34.1 Å². The summed E-state index contributed by atoms with van der Waals surface area (Å²) in [6, 6.07) is 121. The number of nitrogens with zero attached hydrogens (tertiary/aromatic N) is 6. The van der Waals surface area contributed by atoms with E-state index in [4.69, 9.17) is 4.98 Å². The predicted molar refractivity (Wildman–Crippen MR) is 374 cm³/mol. The molecule has 0 bridgehead atoms. The molecule has 6 nitrogen and oxygen atoms in total. The molecule has 0 aliphatic rings. The van der Waals surface area contributed by atoms with Crippen LogP contribution >= 0.6 is 0 Å². The minimum Gasteiger partial charge on any atom is -0.311 e. The first-order chi connectivity index (χ1) is 44.7. The fourth-order valence-corrected chi connectivity index (χ4v) is 13.4. The minimum absolute atomic E-state index is 0.532. The Labute approximate surface area is 522 Å². The zero-order valence-electron chi connectivity index (χ0n) is 49.0. The lowest BCUT2D eigenvalue weighted by Crippen LogP contribution is -2.11. The van der Waals surface area contributed by atoms with Crippen molar-refractivity contribution in [1.82, 2.24) is 14.1 Å². The first kappa shape index (κ1) is 53.2. The highest BCUT2D eigenvalue weighted by atomic mass is 15.1. The summed E-state index contributed by atoms with van der Waals surface area (Å²) in [6.45, 7) is 0. The van der Waals surface area contributed by atoms with E-state index in [0.29, 0.717) is 11.3 Å². The van der Waals surface area contributed by atoms with Crippen LogP contribution in [-0.2, 0) is 0 Å². The number of para-hydroxylation sites is 6. The van der Waals surface area contributed by atoms with Crippen molar-refractivity contribution >= 4 is 77.7 Å². The number of pyridine rings is 1. The summed E-state index contributed by atoms with van der Waals surface area (Å²) >= 11 is 0. The highest BCUT2D eigenvalue weighted by molar-refractivity contribution is 6.16. The third kappa shape index (κ3) is 9.25. The van der Waals surface area contributed by atoms with Crippen LogP contribution in [0.2, 0.25) is 0 Å². The Balaban J connectivity index is 0.954. The topological polar surface area (TPSA) is 53.0 Å². The molecule has 3 aromatic heterocycles. The van der Waals surface area contributed by atoms with E-state index in [-0.39, 0.29) is 0 Å². The van der Waals surface area contributed by atoms with Gasteiger partial charge in [0.2, 0.25) is 0 Å². The lowest BCUT2D eigenvalue weighted by Gasteiger charge is -2.28. The van der Waals surface area contributed by atoms with Crippen LogP contribution < -0.4 is 9.80 Å². The number of benzene rings is 13. The Morgan fingerprint density at radius 1 is 0.267 bits per heavy atom. The van der Waals surface area contributed by atoms with Gasteiger partial charge in [0.15, 0.2) is 0 Å². The second kappa shape index (κ2) is 22.8. The quantitative estimate of drug-likeness (QED) is 0.115. The smallest absolute Gasteiger partial charge is 0.101 e. The Kier molecular flexibility index (Phi) is 13.5. The first-order valence-corrected chi connectivity index (χ1v) is 30.4. The molecule has 0 atom stereocenters. The number of fused-ring (bicyclic) bond motifs is 6. The molecule has 0 fully saturated rings. The molecule has 0 aliphatic carbocycles. The van der Waals surface area contributed by atoms with Gasteiger partial charge < -0.3 is 18.9 Å². The van der Waals surface area contributed by atoms with Gasteiger partial charge in [-0.05, 0) is 155 Å². The first-order valence-electron chi connectivity index (χ1n) is 30.4. The van der Waals surface area contributed by atoms with Gasteiger partial charge in [-0.3, -0.25) is 4.98 Å². The third-order valence-electron chi connectivity index (χ3n) is 17.4. The average Bonchev–Trinajstić information content (AvgIpc) is 1.44. The van der Waals surface area contributed by atoms with Gasteiger partial charge in [-0.25, -0.2) is 0 Å². The highest BCUT2D eigenvalue weighted by Gasteiger charge is 2.33. The molecule has 0 unspecified atom stereocenters. The molecule has 6 heteroatoms. The van der Waals surface area contributed by atoms with Crippen molar-refractivity contribution in [3.63, 3.8) is 0 Å². The summed E-state index contributed by atoms with van der Waals surface area (Å²) in [5.41, 5.74) is 22.3. The summed E-state index contributed by atoms with van der Waals surface area (Å²) in [5, 5.41) is 16.6. The van der Waals surface area contributed by atoms with Crippen LogP contribution in [0.5, 0.6) is 0 Å². The summed E-state index contributed by atoms with van der Waals surface area (Å²) in [4.78, 5) is 9.72. The van der Waals surface area contributed by atoms with E-state index in [1.165, 1.54) is 0 Å². The molecule has 0 amide bonds. The second-order valence-electron chi connectivity index (χ2n) is 22.5. The maximum atomic E-state index is 12.2. The van der Waals surface area contributed by atoms with Crippen molar-refractivity contribution in [3.8, 4) is 73.2 Å². The molecule has 90 heavy (non-hydrogen) atoms. The van der Waals surface area contributed by atoms with Crippen LogP contribution in [0.3, 0.4) is 0 Å². The zero-order valence-corrected chi connectivity index (χ0v) is 49.0. The Morgan fingerprint density at radius 3 is 1.00 bits per heavy atom. The number of rotatable bonds is 13. The molecule has 0 radical (unpaired) electrons. The van der Waals surface area contributed by atoms with Gasteiger partial charge in [-0.1, -0.05) is 212 Å². The molecule has 0 N–H and O–H groups in total. The molecule has 0 spiro atoms. The van der Waals surface area contributed by atoms with Gasteiger partial charge in [0.25, 0.3) is 0 Å². The van der Waals surface area contributed by atoms with Crippen LogP contribution in [0.1, 0.15) is 5.56 Å². The van der Waals surface area contributed by atoms with Crippen LogP contribution in [0.15, 0.2) is 340 Å². The van der Waals surface area contributed by atoms with Crippen molar-refractivity contribution in [3.05, 3.63) is 345 Å². The summed E-state index contributed by atoms with van der Waals surface area (Å²) in [7, 11) is 0. The number of hydrogen-bond acceptors (Lipinski definition) is 4. The van der Waals surface area contributed by atoms with Gasteiger partial charge in [0, 0.05) is 78.6 Å². The van der Waals surface area contributed by atoms with Gasteiger partial charge in [0.05, 0.1) is 44.7 Å². The number of aromatic nitrogens is 3. The van der Waals surface area contributed by atoms with E-state index in [1.807, 2.05) is 30.5 Å². The van der Waals surface area contributed by atoms with Crippen LogP contribution in [0, 0.1) is 11.3 Å². The Hall–Kier alpha value is -12.3. The van der Waals surface area contributed by atoms with Crippen molar-refractivity contribution < 1.29 is 0 Å². The van der Waals surface area contributed by atoms with Crippen LogP contribution in [-0.4, -0.2) is 14.1 Å². The van der Waals surface area contributed by atoms with E-state index in [2.05, 4.69) is 334 Å². The van der Waals surface area contributed by atoms with E-state index in [1.54, 1.807) is 0 Å². The normalized spacial score (nSPS) is 11.3. The largest absolute Gasteiger partial charge is 0.311 e. The molecule has 0 saturated carbocycles. The van der Waals surface area contributed by atoms with E-state index >= 15 is 0 Å². The number of nitriles is 1. The lowest BCUT2D eigenvalue weighted by atomic mass is 9.84. The standard InChI is InChI=1S/C84H56N6/c85-57-74-80(60-25-7-1-8-26-60)83(89-76-40-21-19-37-70(76)72-55-62(46-52-78(72)89)58-42-48-68(49-43-58)87(64-29-11-3-12-30-64)65-31-13-4-14-32-65)84(81(61-27-9-2-10-28-61)82(74)75-39-23-24-54-86-75)90-77-41-22-20-38-71(77)73-56-63(47-53-79(73)90)59-44-50-69(51-45-59)88(66-33-15-5-16-34-66)67-35-17-6-18-36-67/h1-56H. The molecular formula is C84H56N6. The minimum atomic E-state index is 0.532. The maximum absolute atomic E-state index is 12.2. The SMILES string of the molecule is N#Cc1c(-c2ccccn2)c(-c2ccccc2)c(-n2c3ccccc3c3cc(-c4ccc(N(c5ccccc5)c5ccccc5)cc4)ccc32)c(-n2c3ccccc3c3cc(-c4ccc(N(c5ccccc5)c5ccccc5)cc4)ccc32)c1-c1ccccc1. The third-order valence-corrected chi connectivity index (χ3v) is 17.4. The van der Waals surface area contributed by atoms with Gasteiger partial charge in [0.1, 0.15) is 6.07 Å². The highest BCUT2D eigenvalue weighted by Crippen LogP contribution is 2.52. The lowest BCUT2D eigenvalue weighted by molar-refractivity contribution is 1.10. The Morgan fingerprint density at radius 2 is 0.600 bits per heavy atom. The van der Waals surface area contributed by atoms with Crippen LogP contribution in [0.25, 0.3) is 111 Å². The molecule has 16 aromatic rings. The zero-order chi connectivity index (χ0) is 59.9. The molecule has 0 saturated heterocycles. The molecule has 0 aliphatic heterocycles. The second-order valence-corrected chi connectivity index (χ2v) is 22.5. The van der Waals surface area contributed by atoms with Crippen molar-refractivity contribution in [1.29, 1.82) is 5.26 Å². The summed E-state index contributed by atoms with van der Waals surface area (Å²) in [5.74, 6) is 0. The number of hydrogen-bond donors (Lipinski definition) is 0. The van der Waals surface area contributed by atoms with E-state index in [9.17, 15) is 5.26 Å². The van der Waals surface area contributed by atoms with Crippen molar-refractivity contribution in [2.24, 2.45) is 0 Å². The molecule has 13 aromatic carbocycles. The molecular weight excluding hydrogens is 1090 g/mol. The average molecular weight is 1150 g/mol. The monoisotopic (exact) mass is 1150 g/mol. The fourth-order valence-electron chi connectivity index (χ4n) is 13.4. The van der Waals surface area contributed by atoms with Gasteiger partial charge in [-0.2, -0.15) is 5.26 Å². The molecule has 16 rings (SSSR count). The van der Waals surface area contributed by atoms with Crippen molar-refractivity contribution in [2.45, 2.75) is 0 Å². The van der Waals surface area contributed by atoms with Gasteiger partial charge in [-0.15, -0.1) is 0 Å². The maximum Gasteiger partial charge on any atom is 0.101 e. The Bertz CT molecular complexity index is 5240. The molecule has 3 heterocycles. The van der Waals surface area contributed by atoms with Crippen molar-refractivity contribution in [2.75, 3.05) is 9.80 Å². The van der Waals surface area contributed by atoms with E-state index in [0.717, 1.165) is 139 Å². The fraction of sp³-hybridized carbons (Fsp3) is 0. The molecule has 422 valence electrons. The van der Waals surface area contributed by atoms with Gasteiger partial charge >= 0.3 is 0 Å². The summed E-state index contributed by atoms with van der Waals surface area (Å²) in [6.07, 6.45) is 1.83. The number of anilines is 6. The predicted octanol–water partition coefficient (Wildman–Crippen LogP) is 22.4. The summed E-state index contributed by atoms with van der Waals surface area (Å²) < 4.78 is 4.91.